The Morgan fingerprint density at radius 3 is 2.66 bits per heavy atom. The molecule has 1 aromatic heterocycles. The van der Waals surface area contributed by atoms with Gasteiger partial charge in [0, 0.05) is 16.7 Å². The number of methoxy groups -OCH3 is 1. The molecule has 1 aliphatic rings. The maximum Gasteiger partial charge on any atom is 0.259 e. The fourth-order valence-corrected chi connectivity index (χ4v) is 7.03. The summed E-state index contributed by atoms with van der Waals surface area (Å²) in [4.78, 5) is 16.8. The molecule has 0 N–H and O–H groups in total. The first-order valence-corrected chi connectivity index (χ1v) is 11.8. The van der Waals surface area contributed by atoms with Crippen molar-refractivity contribution in [2.24, 2.45) is 0 Å². The molecule has 0 unspecified atom stereocenters. The van der Waals surface area contributed by atoms with Gasteiger partial charge in [-0.05, 0) is 45.0 Å². The number of para-hydroxylation sites is 1. The molecule has 0 saturated heterocycles. The number of benzene rings is 2. The normalized spacial score (nSPS) is 14.1. The molecule has 0 aliphatic carbocycles. The van der Waals surface area contributed by atoms with Gasteiger partial charge in [0.05, 0.1) is 29.8 Å². The first-order valence-electron chi connectivity index (χ1n) is 9.28. The van der Waals surface area contributed by atoms with Crippen molar-refractivity contribution in [3.63, 3.8) is 0 Å². The van der Waals surface area contributed by atoms with E-state index in [2.05, 4.69) is 13.8 Å². The lowest BCUT2D eigenvalue weighted by molar-refractivity contribution is 0.0960. The molecular formula is C22H21NO3S3. The third-order valence-electron chi connectivity index (χ3n) is 5.06. The highest BCUT2D eigenvalue weighted by Gasteiger charge is 2.44. The summed E-state index contributed by atoms with van der Waals surface area (Å²) < 4.78 is 12.1. The highest BCUT2D eigenvalue weighted by Crippen LogP contribution is 2.55. The maximum absolute atomic E-state index is 13.8. The van der Waals surface area contributed by atoms with Crippen molar-refractivity contribution < 1.29 is 14.3 Å². The van der Waals surface area contributed by atoms with Crippen molar-refractivity contribution >= 4 is 44.5 Å². The average molecular weight is 444 g/mol. The van der Waals surface area contributed by atoms with Gasteiger partial charge in [-0.2, -0.15) is 0 Å². The lowest BCUT2D eigenvalue weighted by Gasteiger charge is -2.43. The van der Waals surface area contributed by atoms with Gasteiger partial charge in [-0.3, -0.25) is 9.69 Å². The van der Waals surface area contributed by atoms with Crippen molar-refractivity contribution in [1.29, 1.82) is 0 Å². The number of amides is 1. The quantitative estimate of drug-likeness (QED) is 0.340. The van der Waals surface area contributed by atoms with Crippen LogP contribution < -0.4 is 14.4 Å². The highest BCUT2D eigenvalue weighted by atomic mass is 32.9. The lowest BCUT2D eigenvalue weighted by Crippen LogP contribution is -2.48. The van der Waals surface area contributed by atoms with Gasteiger partial charge in [0.15, 0.2) is 0 Å². The van der Waals surface area contributed by atoms with E-state index in [4.69, 9.17) is 21.7 Å². The Kier molecular flexibility index (Phi) is 5.23. The van der Waals surface area contributed by atoms with Gasteiger partial charge in [-0.1, -0.05) is 51.1 Å². The third kappa shape index (κ3) is 3.17. The van der Waals surface area contributed by atoms with Gasteiger partial charge >= 0.3 is 0 Å². The maximum atomic E-state index is 13.8. The summed E-state index contributed by atoms with van der Waals surface area (Å²) in [5.41, 5.74) is 2.76. The van der Waals surface area contributed by atoms with E-state index in [-0.39, 0.29) is 5.91 Å². The van der Waals surface area contributed by atoms with E-state index in [1.807, 2.05) is 48.2 Å². The number of fused-ring (bicyclic) bond motifs is 3. The van der Waals surface area contributed by atoms with E-state index in [1.54, 1.807) is 33.9 Å². The Bertz CT molecular complexity index is 1150. The standard InChI is InChI=1S/C22H21NO3S3/c1-5-26-16-11-7-10-15-17-19(28-29-21(17)27)22(2,3)23(18(15)16)20(24)13-8-6-9-14(12-13)25-4/h6-12H,5H2,1-4H3. The fraction of sp³-hybridized carbons (Fsp3) is 0.273. The van der Waals surface area contributed by atoms with Crippen LogP contribution in [0.15, 0.2) is 42.5 Å². The minimum absolute atomic E-state index is 0.0997. The molecule has 0 radical (unpaired) electrons. The monoisotopic (exact) mass is 443 g/mol. The van der Waals surface area contributed by atoms with Crippen LogP contribution in [0.25, 0.3) is 11.1 Å². The van der Waals surface area contributed by atoms with Crippen LogP contribution in [0, 0.1) is 3.82 Å². The highest BCUT2D eigenvalue weighted by molar-refractivity contribution is 7.80. The van der Waals surface area contributed by atoms with E-state index in [1.165, 1.54) is 0 Å². The molecule has 7 heteroatoms. The molecule has 2 heterocycles. The van der Waals surface area contributed by atoms with Crippen molar-refractivity contribution in [2.45, 2.75) is 26.3 Å². The molecule has 0 fully saturated rings. The smallest absolute Gasteiger partial charge is 0.259 e. The van der Waals surface area contributed by atoms with Crippen LogP contribution in [0.2, 0.25) is 0 Å². The number of hydrogen-bond acceptors (Lipinski definition) is 6. The SMILES string of the molecule is CCOc1cccc2c1N(C(=O)c1cccc(OC)c1)C(C)(C)c1ssc(=S)c1-2. The van der Waals surface area contributed by atoms with Crippen LogP contribution in [0.5, 0.6) is 11.5 Å². The fourth-order valence-electron chi connectivity index (χ4n) is 3.74. The molecule has 4 rings (SSSR count). The number of hydrogen-bond donors (Lipinski definition) is 0. The first-order chi connectivity index (χ1) is 13.9. The Morgan fingerprint density at radius 1 is 1.17 bits per heavy atom. The number of carbonyl (C=O) groups is 1. The Morgan fingerprint density at radius 2 is 1.93 bits per heavy atom. The van der Waals surface area contributed by atoms with Crippen molar-refractivity contribution in [3.8, 4) is 22.6 Å². The molecule has 0 saturated carbocycles. The number of nitrogens with zero attached hydrogens (tertiary/aromatic N) is 1. The second-order valence-corrected chi connectivity index (χ2v) is 9.99. The van der Waals surface area contributed by atoms with Crippen LogP contribution in [0.3, 0.4) is 0 Å². The number of rotatable bonds is 4. The van der Waals surface area contributed by atoms with E-state index in [0.717, 1.165) is 25.5 Å². The number of carbonyl (C=O) groups excluding carboxylic acids is 1. The summed E-state index contributed by atoms with van der Waals surface area (Å²) >= 11 is 5.66. The summed E-state index contributed by atoms with van der Waals surface area (Å²) in [6.07, 6.45) is 0. The molecule has 3 aromatic rings. The topological polar surface area (TPSA) is 38.8 Å². The van der Waals surface area contributed by atoms with Gasteiger partial charge in [0.2, 0.25) is 0 Å². The molecule has 0 atom stereocenters. The Balaban J connectivity index is 1.99. The number of anilines is 1. The minimum atomic E-state index is -0.575. The van der Waals surface area contributed by atoms with Crippen LogP contribution in [-0.4, -0.2) is 19.6 Å². The summed E-state index contributed by atoms with van der Waals surface area (Å²) in [5, 5.41) is 0. The van der Waals surface area contributed by atoms with Crippen molar-refractivity contribution in [1.82, 2.24) is 0 Å². The molecule has 29 heavy (non-hydrogen) atoms. The average Bonchev–Trinajstić information content (AvgIpc) is 3.11. The van der Waals surface area contributed by atoms with Crippen LogP contribution in [0.4, 0.5) is 5.69 Å². The number of ether oxygens (including phenoxy) is 2. The van der Waals surface area contributed by atoms with Crippen LogP contribution in [-0.2, 0) is 5.54 Å². The molecule has 0 bridgehead atoms. The van der Waals surface area contributed by atoms with E-state index in [9.17, 15) is 4.79 Å². The summed E-state index contributed by atoms with van der Waals surface area (Å²) in [5.74, 6) is 1.23. The molecule has 4 nitrogen and oxygen atoms in total. The Hall–Kier alpha value is -2.22. The Labute approximate surface area is 182 Å². The summed E-state index contributed by atoms with van der Waals surface area (Å²) in [6, 6.07) is 13.1. The van der Waals surface area contributed by atoms with Gasteiger partial charge < -0.3 is 9.47 Å². The predicted molar refractivity (Wildman–Crippen MR) is 122 cm³/mol. The largest absolute Gasteiger partial charge is 0.497 e. The van der Waals surface area contributed by atoms with E-state index in [0.29, 0.717) is 23.7 Å². The zero-order chi connectivity index (χ0) is 20.8. The van der Waals surface area contributed by atoms with Gasteiger partial charge in [-0.15, -0.1) is 0 Å². The first kappa shape index (κ1) is 20.1. The van der Waals surface area contributed by atoms with Gasteiger partial charge in [0.1, 0.15) is 15.3 Å². The van der Waals surface area contributed by atoms with Crippen LogP contribution >= 0.6 is 32.9 Å². The van der Waals surface area contributed by atoms with E-state index < -0.39 is 5.54 Å². The van der Waals surface area contributed by atoms with Gasteiger partial charge in [0.25, 0.3) is 5.91 Å². The lowest BCUT2D eigenvalue weighted by atomic mass is 9.86. The third-order valence-corrected chi connectivity index (χ3v) is 8.39. The molecule has 0 spiro atoms. The molecule has 2 aromatic carbocycles. The van der Waals surface area contributed by atoms with Gasteiger partial charge in [-0.25, -0.2) is 0 Å². The zero-order valence-corrected chi connectivity index (χ0v) is 19.1. The molecule has 150 valence electrons. The second kappa shape index (κ2) is 7.55. The summed E-state index contributed by atoms with van der Waals surface area (Å²) in [6.45, 7) is 6.58. The minimum Gasteiger partial charge on any atom is -0.497 e. The zero-order valence-electron chi connectivity index (χ0n) is 16.6. The predicted octanol–water partition coefficient (Wildman–Crippen LogP) is 6.51. The van der Waals surface area contributed by atoms with Crippen molar-refractivity contribution in [2.75, 3.05) is 18.6 Å². The van der Waals surface area contributed by atoms with E-state index >= 15 is 0 Å². The molecule has 1 aliphatic heterocycles. The van der Waals surface area contributed by atoms with Crippen LogP contribution in [0.1, 0.15) is 36.0 Å². The molecule has 1 amide bonds. The van der Waals surface area contributed by atoms with Crippen molar-refractivity contribution in [3.05, 3.63) is 56.7 Å². The second-order valence-electron chi connectivity index (χ2n) is 7.18. The molecular weight excluding hydrogens is 422 g/mol. The summed E-state index contributed by atoms with van der Waals surface area (Å²) in [7, 11) is 4.82.